The Hall–Kier alpha value is -4.25. The van der Waals surface area contributed by atoms with Gasteiger partial charge in [0.05, 0.1) is 16.8 Å². The van der Waals surface area contributed by atoms with E-state index < -0.39 is 5.97 Å². The molecule has 1 heterocycles. The van der Waals surface area contributed by atoms with Crippen molar-refractivity contribution in [3.8, 4) is 0 Å². The quantitative estimate of drug-likeness (QED) is 0.295. The van der Waals surface area contributed by atoms with E-state index in [1.165, 1.54) is 0 Å². The zero-order valence-electron chi connectivity index (χ0n) is 21.2. The van der Waals surface area contributed by atoms with Gasteiger partial charge in [0, 0.05) is 11.1 Å². The van der Waals surface area contributed by atoms with Crippen LogP contribution in [0.25, 0.3) is 22.6 Å². The topological polar surface area (TPSA) is 68.3 Å². The number of benzene rings is 3. The van der Waals surface area contributed by atoms with Gasteiger partial charge >= 0.3 is 5.97 Å². The van der Waals surface area contributed by atoms with Gasteiger partial charge in [-0.25, -0.2) is 9.78 Å². The van der Waals surface area contributed by atoms with Gasteiger partial charge in [-0.3, -0.25) is 4.79 Å². The summed E-state index contributed by atoms with van der Waals surface area (Å²) in [4.78, 5) is 31.2. The number of carbonyl (C=O) groups is 2. The number of ether oxygens (including phenoxy) is 1. The highest BCUT2D eigenvalue weighted by Crippen LogP contribution is 2.36. The van der Waals surface area contributed by atoms with Crippen molar-refractivity contribution < 1.29 is 14.3 Å². The van der Waals surface area contributed by atoms with Gasteiger partial charge in [-0.15, -0.1) is 0 Å². The summed E-state index contributed by atoms with van der Waals surface area (Å²) < 4.78 is 5.59. The Kier molecular flexibility index (Phi) is 7.13. The molecule has 186 valence electrons. The van der Waals surface area contributed by atoms with Crippen LogP contribution in [0, 0.1) is 0 Å². The maximum Gasteiger partial charge on any atom is 0.339 e. The molecule has 1 aliphatic rings. The molecular formula is C32H30N2O3. The van der Waals surface area contributed by atoms with E-state index in [1.54, 1.807) is 0 Å². The van der Waals surface area contributed by atoms with Crippen LogP contribution in [-0.2, 0) is 16.0 Å². The van der Waals surface area contributed by atoms with Crippen molar-refractivity contribution in [1.82, 2.24) is 4.98 Å². The average molecular weight is 491 g/mol. The fourth-order valence-electron chi connectivity index (χ4n) is 4.96. The van der Waals surface area contributed by atoms with Gasteiger partial charge in [0.1, 0.15) is 0 Å². The van der Waals surface area contributed by atoms with E-state index >= 15 is 0 Å². The third-order valence-corrected chi connectivity index (χ3v) is 6.71. The number of hydrogen-bond acceptors (Lipinski definition) is 4. The molecule has 37 heavy (non-hydrogen) atoms. The lowest BCUT2D eigenvalue weighted by molar-refractivity contribution is -0.119. The van der Waals surface area contributed by atoms with Gasteiger partial charge in [-0.2, -0.15) is 0 Å². The van der Waals surface area contributed by atoms with Gasteiger partial charge in [-0.05, 0) is 65.7 Å². The Morgan fingerprint density at radius 3 is 2.49 bits per heavy atom. The molecule has 1 amide bonds. The molecule has 0 atom stereocenters. The number of anilines is 1. The van der Waals surface area contributed by atoms with Gasteiger partial charge in [-0.1, -0.05) is 80.6 Å². The van der Waals surface area contributed by atoms with Crippen LogP contribution in [0.5, 0.6) is 0 Å². The van der Waals surface area contributed by atoms with E-state index in [-0.39, 0.29) is 18.4 Å². The number of hydrogen-bond donors (Lipinski definition) is 1. The number of amides is 1. The number of nitrogens with one attached hydrogen (secondary N) is 1. The summed E-state index contributed by atoms with van der Waals surface area (Å²) in [6, 6.07) is 25.4. The maximum absolute atomic E-state index is 13.5. The van der Waals surface area contributed by atoms with Crippen molar-refractivity contribution >= 4 is 40.1 Å². The van der Waals surface area contributed by atoms with Crippen molar-refractivity contribution in [3.63, 3.8) is 0 Å². The Bertz CT molecular complexity index is 1490. The molecule has 0 aliphatic heterocycles. The van der Waals surface area contributed by atoms with E-state index in [0.717, 1.165) is 63.8 Å². The SMILES string of the molecule is CC(C)c1ccccc1NC(=O)COC(=O)c1c2c(nc3ccccc13)/C(=C\c1ccccc1)CCC2. The molecule has 5 rings (SSSR count). The van der Waals surface area contributed by atoms with Crippen LogP contribution in [-0.4, -0.2) is 23.5 Å². The van der Waals surface area contributed by atoms with Crippen LogP contribution < -0.4 is 5.32 Å². The van der Waals surface area contributed by atoms with E-state index in [4.69, 9.17) is 9.72 Å². The van der Waals surface area contributed by atoms with E-state index in [0.29, 0.717) is 5.56 Å². The minimum absolute atomic E-state index is 0.256. The molecule has 1 N–H and O–H groups in total. The van der Waals surface area contributed by atoms with Crippen LogP contribution >= 0.6 is 0 Å². The van der Waals surface area contributed by atoms with Gasteiger partial charge in [0.15, 0.2) is 6.61 Å². The van der Waals surface area contributed by atoms with Crippen molar-refractivity contribution in [2.24, 2.45) is 0 Å². The Morgan fingerprint density at radius 2 is 1.68 bits per heavy atom. The van der Waals surface area contributed by atoms with Gasteiger partial charge in [0.25, 0.3) is 5.91 Å². The van der Waals surface area contributed by atoms with Crippen LogP contribution in [0.4, 0.5) is 5.69 Å². The van der Waals surface area contributed by atoms with Crippen molar-refractivity contribution in [2.45, 2.75) is 39.0 Å². The zero-order valence-corrected chi connectivity index (χ0v) is 21.2. The second-order valence-electron chi connectivity index (χ2n) is 9.63. The molecule has 5 heteroatoms. The summed E-state index contributed by atoms with van der Waals surface area (Å²) in [7, 11) is 0. The molecule has 0 bridgehead atoms. The highest BCUT2D eigenvalue weighted by Gasteiger charge is 2.26. The monoisotopic (exact) mass is 490 g/mol. The first-order chi connectivity index (χ1) is 18.0. The van der Waals surface area contributed by atoms with Crippen molar-refractivity contribution in [2.75, 3.05) is 11.9 Å². The molecular weight excluding hydrogens is 460 g/mol. The predicted octanol–water partition coefficient (Wildman–Crippen LogP) is 7.03. The Balaban J connectivity index is 1.44. The third kappa shape index (κ3) is 5.31. The second kappa shape index (κ2) is 10.8. The van der Waals surface area contributed by atoms with Gasteiger partial charge < -0.3 is 10.1 Å². The van der Waals surface area contributed by atoms with E-state index in [2.05, 4.69) is 37.4 Å². The molecule has 0 saturated carbocycles. The van der Waals surface area contributed by atoms with Crippen molar-refractivity contribution in [1.29, 1.82) is 0 Å². The lowest BCUT2D eigenvalue weighted by Gasteiger charge is -2.22. The number of pyridine rings is 1. The average Bonchev–Trinajstić information content (AvgIpc) is 2.91. The lowest BCUT2D eigenvalue weighted by Crippen LogP contribution is -2.23. The largest absolute Gasteiger partial charge is 0.452 e. The van der Waals surface area contributed by atoms with Crippen molar-refractivity contribution in [3.05, 3.63) is 107 Å². The third-order valence-electron chi connectivity index (χ3n) is 6.71. The smallest absolute Gasteiger partial charge is 0.339 e. The number of fused-ring (bicyclic) bond motifs is 2. The molecule has 0 fully saturated rings. The summed E-state index contributed by atoms with van der Waals surface area (Å²) in [6.07, 6.45) is 4.68. The fourth-order valence-corrected chi connectivity index (χ4v) is 4.96. The Labute approximate surface area is 217 Å². The number of esters is 1. The zero-order chi connectivity index (χ0) is 25.8. The van der Waals surface area contributed by atoms with Crippen LogP contribution in [0.2, 0.25) is 0 Å². The number of allylic oxidation sites excluding steroid dienone is 1. The summed E-state index contributed by atoms with van der Waals surface area (Å²) in [6.45, 7) is 3.79. The van der Waals surface area contributed by atoms with Crippen LogP contribution in [0.3, 0.4) is 0 Å². The minimum Gasteiger partial charge on any atom is -0.452 e. The highest BCUT2D eigenvalue weighted by molar-refractivity contribution is 6.07. The lowest BCUT2D eigenvalue weighted by atomic mass is 9.86. The number of rotatable bonds is 6. The summed E-state index contributed by atoms with van der Waals surface area (Å²) >= 11 is 0. The minimum atomic E-state index is -0.497. The molecule has 1 aliphatic carbocycles. The predicted molar refractivity (Wildman–Crippen MR) is 148 cm³/mol. The van der Waals surface area contributed by atoms with E-state index in [9.17, 15) is 9.59 Å². The number of carbonyl (C=O) groups excluding carboxylic acids is 2. The van der Waals surface area contributed by atoms with Crippen LogP contribution in [0.15, 0.2) is 78.9 Å². The van der Waals surface area contributed by atoms with Gasteiger partial charge in [0.2, 0.25) is 0 Å². The first-order valence-electron chi connectivity index (χ1n) is 12.7. The first-order valence-corrected chi connectivity index (χ1v) is 12.7. The molecule has 0 spiro atoms. The maximum atomic E-state index is 13.5. The standard InChI is InChI=1S/C32H30N2O3/c1-21(2)24-14-6-8-17-27(24)33-29(35)20-37-32(36)30-25-15-7-9-18-28(25)34-31-23(13-10-16-26(30)31)19-22-11-4-3-5-12-22/h3-9,11-12,14-15,17-19,21H,10,13,16,20H2,1-2H3,(H,33,35)/b23-19-. The Morgan fingerprint density at radius 1 is 0.946 bits per heavy atom. The molecule has 0 unspecified atom stereocenters. The highest BCUT2D eigenvalue weighted by atomic mass is 16.5. The second-order valence-corrected chi connectivity index (χ2v) is 9.63. The molecule has 4 aromatic rings. The first kappa shape index (κ1) is 24.4. The fraction of sp³-hybridized carbons (Fsp3) is 0.219. The molecule has 0 saturated heterocycles. The summed E-state index contributed by atoms with van der Waals surface area (Å²) in [5.41, 5.74) is 6.96. The molecule has 3 aromatic carbocycles. The number of aromatic nitrogens is 1. The molecule has 5 nitrogen and oxygen atoms in total. The van der Waals surface area contributed by atoms with E-state index in [1.807, 2.05) is 66.7 Å². The molecule has 0 radical (unpaired) electrons. The van der Waals surface area contributed by atoms with Crippen LogP contribution in [0.1, 0.15) is 65.3 Å². The number of nitrogens with zero attached hydrogens (tertiary/aromatic N) is 1. The summed E-state index contributed by atoms with van der Waals surface area (Å²) in [5, 5.41) is 3.64. The number of para-hydroxylation sites is 2. The molecule has 1 aromatic heterocycles. The normalized spacial score (nSPS) is 14.0. The summed E-state index contributed by atoms with van der Waals surface area (Å²) in [5.74, 6) is -0.603.